The van der Waals surface area contributed by atoms with E-state index in [2.05, 4.69) is 36.8 Å². The molecule has 0 unspecified atom stereocenters. The molecule has 1 rings (SSSR count). The second-order valence-corrected chi connectivity index (χ2v) is 8.99. The van der Waals surface area contributed by atoms with Crippen LogP contribution < -0.4 is 0 Å². The molecule has 0 saturated carbocycles. The van der Waals surface area contributed by atoms with Crippen LogP contribution in [0.4, 0.5) is 0 Å². The highest BCUT2D eigenvalue weighted by Crippen LogP contribution is 1.77. The van der Waals surface area contributed by atoms with Gasteiger partial charge in [0.25, 0.3) is 0 Å². The zero-order chi connectivity index (χ0) is 6.24. The molecule has 0 atom stereocenters. The van der Waals surface area contributed by atoms with E-state index in [0.717, 1.165) is 0 Å². The molecule has 1 N–H and O–H groups in total. The van der Waals surface area contributed by atoms with Crippen LogP contribution in [-0.4, -0.2) is 21.0 Å². The lowest BCUT2D eigenvalue weighted by molar-refractivity contribution is 1.41. The summed E-state index contributed by atoms with van der Waals surface area (Å²) in [7, 11) is 0. The highest BCUT2D eigenvalue weighted by atomic mass is 79.9. The topological polar surface area (TPSA) is 15.8 Å². The summed E-state index contributed by atoms with van der Waals surface area (Å²) in [6.07, 6.45) is 3.57. The number of hydrogen-bond acceptors (Lipinski definition) is 0. The molecular weight excluding hydrogens is 246 g/mol. The van der Waals surface area contributed by atoms with Crippen LogP contribution in [0, 0.1) is 6.07 Å². The van der Waals surface area contributed by atoms with Crippen molar-refractivity contribution in [1.29, 1.82) is 0 Å². The zero-order valence-electron chi connectivity index (χ0n) is 4.20. The number of aromatic amines is 1. The minimum atomic E-state index is 0.0417. The summed E-state index contributed by atoms with van der Waals surface area (Å²) in [6, 6.07) is 4.62. The third-order valence-electron chi connectivity index (χ3n) is 0.442. The van der Waals surface area contributed by atoms with Gasteiger partial charge in [0.05, 0.1) is 0 Å². The Morgan fingerprint density at radius 2 is 2.12 bits per heavy atom. The molecule has 1 heterocycles. The van der Waals surface area contributed by atoms with Crippen molar-refractivity contribution in [3.8, 4) is 0 Å². The van der Waals surface area contributed by atoms with Gasteiger partial charge in [0.15, 0.2) is 0 Å². The molecule has 0 bridgehead atoms. The summed E-state index contributed by atoms with van der Waals surface area (Å²) in [5.74, 6) is 0. The van der Waals surface area contributed by atoms with Crippen LogP contribution >= 0.6 is 25.8 Å². The first-order valence-corrected chi connectivity index (χ1v) is 9.82. The van der Waals surface area contributed by atoms with Crippen molar-refractivity contribution in [2.24, 2.45) is 0 Å². The molecular formula is C4H4Br2MgN. The van der Waals surface area contributed by atoms with Gasteiger partial charge in [-0.1, -0.05) is 0 Å². The first kappa shape index (κ1) is 9.01. The second-order valence-electron chi connectivity index (χ2n) is 0.912. The summed E-state index contributed by atoms with van der Waals surface area (Å²) in [6.45, 7) is 0. The third kappa shape index (κ3) is 7.01. The quantitative estimate of drug-likeness (QED) is 0.679. The lowest BCUT2D eigenvalue weighted by atomic mass is 10.7. The Hall–Kier alpha value is 1.01. The molecule has 1 nitrogen and oxygen atoms in total. The van der Waals surface area contributed by atoms with Crippen molar-refractivity contribution in [1.82, 2.24) is 4.98 Å². The van der Waals surface area contributed by atoms with Crippen LogP contribution in [0.2, 0.25) is 0 Å². The summed E-state index contributed by atoms with van der Waals surface area (Å²) < 4.78 is 0. The summed E-state index contributed by atoms with van der Waals surface area (Å²) in [5, 5.41) is 0. The largest absolute Gasteiger partial charge is 0.560 e. The van der Waals surface area contributed by atoms with Gasteiger partial charge < -0.3 is 4.98 Å². The van der Waals surface area contributed by atoms with Gasteiger partial charge in [-0.3, -0.25) is 25.8 Å². The molecule has 0 amide bonds. The van der Waals surface area contributed by atoms with Crippen LogP contribution in [0.25, 0.3) is 0 Å². The number of rotatable bonds is 0. The van der Waals surface area contributed by atoms with Crippen molar-refractivity contribution >= 4 is 41.8 Å². The van der Waals surface area contributed by atoms with Gasteiger partial charge in [0.1, 0.15) is 0 Å². The van der Waals surface area contributed by atoms with E-state index in [4.69, 9.17) is 0 Å². The van der Waals surface area contributed by atoms with Crippen LogP contribution in [0.1, 0.15) is 0 Å². The second kappa shape index (κ2) is 8.01. The molecule has 1 aromatic rings. The third-order valence-corrected chi connectivity index (χ3v) is 0.442. The molecule has 0 saturated heterocycles. The van der Waals surface area contributed by atoms with E-state index in [1.54, 1.807) is 6.20 Å². The van der Waals surface area contributed by atoms with Crippen molar-refractivity contribution in [2.45, 2.75) is 0 Å². The smallest absolute Gasteiger partial charge is 0.367 e. The van der Waals surface area contributed by atoms with Gasteiger partial charge in [-0.25, -0.2) is 0 Å². The van der Waals surface area contributed by atoms with Gasteiger partial charge in [-0.2, -0.15) is 0 Å². The van der Waals surface area contributed by atoms with Gasteiger partial charge in [-0.15, -0.1) is 0 Å². The summed E-state index contributed by atoms with van der Waals surface area (Å²) in [4.78, 5) is 2.81. The molecule has 0 fully saturated rings. The molecule has 8 heavy (non-hydrogen) atoms. The fourth-order valence-corrected chi connectivity index (χ4v) is 0.241. The van der Waals surface area contributed by atoms with Gasteiger partial charge in [-0.05, 0) is 6.07 Å². The molecule has 4 heteroatoms. The van der Waals surface area contributed by atoms with E-state index in [-0.39, 0.29) is 16.0 Å². The molecule has 0 aliphatic carbocycles. The minimum Gasteiger partial charge on any atom is -0.367 e. The Balaban J connectivity index is 0.000000145. The molecule has 1 aromatic heterocycles. The van der Waals surface area contributed by atoms with Gasteiger partial charge >= 0.3 is 16.0 Å². The molecule has 0 spiro atoms. The number of nitrogens with one attached hydrogen (secondary N) is 1. The monoisotopic (exact) mass is 248 g/mol. The summed E-state index contributed by atoms with van der Waals surface area (Å²) >= 11 is 6.44. The van der Waals surface area contributed by atoms with E-state index >= 15 is 0 Å². The molecule has 0 aromatic carbocycles. The highest BCUT2D eigenvalue weighted by Gasteiger charge is 1.62. The molecule has 41 valence electrons. The Labute approximate surface area is 70.7 Å². The number of aromatic nitrogens is 1. The SMILES string of the molecule is [Br][Mg][Br].[c]1cc[nH]c1. The minimum absolute atomic E-state index is 0.0417. The lowest BCUT2D eigenvalue weighted by Crippen LogP contribution is -1.38. The van der Waals surface area contributed by atoms with Crippen molar-refractivity contribution in [3.05, 3.63) is 24.5 Å². The first-order chi connectivity index (χ1) is 3.91. The number of H-pyrrole nitrogens is 1. The van der Waals surface area contributed by atoms with Gasteiger partial charge in [0.2, 0.25) is 0 Å². The summed E-state index contributed by atoms with van der Waals surface area (Å²) in [5.41, 5.74) is 0. The van der Waals surface area contributed by atoms with E-state index in [0.29, 0.717) is 0 Å². The normalized spacial score (nSPS) is 6.25. The van der Waals surface area contributed by atoms with E-state index < -0.39 is 0 Å². The van der Waals surface area contributed by atoms with E-state index in [1.807, 2.05) is 12.3 Å². The van der Waals surface area contributed by atoms with Crippen molar-refractivity contribution < 1.29 is 0 Å². The van der Waals surface area contributed by atoms with Crippen molar-refractivity contribution in [2.75, 3.05) is 0 Å². The van der Waals surface area contributed by atoms with Crippen LogP contribution in [0.5, 0.6) is 0 Å². The fourth-order valence-electron chi connectivity index (χ4n) is 0.241. The predicted octanol–water partition coefficient (Wildman–Crippen LogP) is 2.13. The highest BCUT2D eigenvalue weighted by molar-refractivity contribution is 9.47. The van der Waals surface area contributed by atoms with Crippen LogP contribution in [0.15, 0.2) is 18.5 Å². The van der Waals surface area contributed by atoms with E-state index in [1.165, 1.54) is 0 Å². The maximum atomic E-state index is 3.20. The zero-order valence-corrected chi connectivity index (χ0v) is 8.78. The van der Waals surface area contributed by atoms with Crippen molar-refractivity contribution in [3.63, 3.8) is 0 Å². The number of halogens is 2. The van der Waals surface area contributed by atoms with E-state index in [9.17, 15) is 0 Å². The Morgan fingerprint density at radius 3 is 2.25 bits per heavy atom. The number of hydrogen-bond donors (Lipinski definition) is 1. The average molecular weight is 250 g/mol. The van der Waals surface area contributed by atoms with Crippen LogP contribution in [-0.2, 0) is 0 Å². The maximum absolute atomic E-state index is 3.20. The lowest BCUT2D eigenvalue weighted by Gasteiger charge is -1.48. The standard InChI is InChI=1S/C4H4N.2BrH.Mg/c1-2-4-5-3-1;;;/h1,3-5H;2*1H;/q;;;+2/p-2. The Kier molecular flexibility index (Phi) is 9.01. The maximum Gasteiger partial charge on any atom is 0.560 e. The Bertz CT molecular complexity index is 80.9. The molecule has 1 radical (unpaired) electrons. The Morgan fingerprint density at radius 1 is 1.50 bits per heavy atom. The first-order valence-electron chi connectivity index (χ1n) is 2.02. The van der Waals surface area contributed by atoms with Gasteiger partial charge in [0, 0.05) is 18.5 Å². The molecule has 0 aliphatic rings. The predicted molar refractivity (Wildman–Crippen MR) is 43.2 cm³/mol. The molecule has 0 aliphatic heterocycles. The fraction of sp³-hybridized carbons (Fsp3) is 0. The van der Waals surface area contributed by atoms with Crippen LogP contribution in [0.3, 0.4) is 0 Å². The average Bonchev–Trinajstić information content (AvgIpc) is 2.17.